The van der Waals surface area contributed by atoms with E-state index in [9.17, 15) is 19.2 Å². The largest absolute Gasteiger partial charge is 0.453 e. The van der Waals surface area contributed by atoms with Crippen LogP contribution in [0.25, 0.3) is 10.2 Å². The van der Waals surface area contributed by atoms with Gasteiger partial charge in [0.25, 0.3) is 5.56 Å². The number of aromatic amines is 1. The van der Waals surface area contributed by atoms with Gasteiger partial charge < -0.3 is 15.0 Å². The van der Waals surface area contributed by atoms with Crippen LogP contribution in [0.1, 0.15) is 51.2 Å². The zero-order chi connectivity index (χ0) is 21.8. The molecule has 2 heterocycles. The molecule has 0 aliphatic carbocycles. The Bertz CT molecular complexity index is 1180. The van der Waals surface area contributed by atoms with E-state index < -0.39 is 12.6 Å². The molecule has 0 atom stereocenters. The van der Waals surface area contributed by atoms with Crippen LogP contribution in [-0.2, 0) is 9.53 Å². The molecule has 30 heavy (non-hydrogen) atoms. The van der Waals surface area contributed by atoms with Crippen molar-refractivity contribution in [2.75, 3.05) is 11.9 Å². The number of nitrogens with one attached hydrogen (secondary N) is 2. The summed E-state index contributed by atoms with van der Waals surface area (Å²) >= 11 is 1.06. The van der Waals surface area contributed by atoms with E-state index >= 15 is 0 Å². The molecule has 0 unspecified atom stereocenters. The molecule has 156 valence electrons. The molecule has 9 heteroatoms. The molecule has 1 aromatic carbocycles. The number of hydrogen-bond acceptors (Lipinski definition) is 7. The van der Waals surface area contributed by atoms with Gasteiger partial charge in [0.2, 0.25) is 5.91 Å². The van der Waals surface area contributed by atoms with Crippen LogP contribution in [-0.4, -0.2) is 34.2 Å². The molecule has 0 fully saturated rings. The van der Waals surface area contributed by atoms with Crippen LogP contribution in [0.4, 0.5) is 5.69 Å². The van der Waals surface area contributed by atoms with E-state index in [2.05, 4.69) is 15.3 Å². The van der Waals surface area contributed by atoms with Crippen LogP contribution < -0.4 is 10.9 Å². The van der Waals surface area contributed by atoms with Gasteiger partial charge in [-0.1, -0.05) is 6.92 Å². The molecule has 2 aromatic heterocycles. The minimum atomic E-state index is -0.677. The van der Waals surface area contributed by atoms with E-state index in [0.29, 0.717) is 39.3 Å². The molecule has 0 aliphatic heterocycles. The van der Waals surface area contributed by atoms with Gasteiger partial charge in [-0.3, -0.25) is 14.4 Å². The SMILES string of the molecule is CCCC(=O)Nc1ccc(C(=O)COC(=O)c2sc3nc(C)[nH]c(=O)c3c2C)cc1. The molecular weight excluding hydrogens is 406 g/mol. The van der Waals surface area contributed by atoms with E-state index in [4.69, 9.17) is 4.74 Å². The summed E-state index contributed by atoms with van der Waals surface area (Å²) < 4.78 is 5.16. The Labute approximate surface area is 176 Å². The van der Waals surface area contributed by atoms with Crippen molar-refractivity contribution in [3.05, 3.63) is 56.4 Å². The number of H-pyrrole nitrogens is 1. The average Bonchev–Trinajstić information content (AvgIpc) is 3.03. The summed E-state index contributed by atoms with van der Waals surface area (Å²) in [6.07, 6.45) is 1.17. The second-order valence-corrected chi connectivity index (χ2v) is 7.76. The molecule has 3 aromatic rings. The van der Waals surface area contributed by atoms with E-state index in [1.54, 1.807) is 38.1 Å². The number of rotatable bonds is 7. The quantitative estimate of drug-likeness (QED) is 0.441. The van der Waals surface area contributed by atoms with Crippen molar-refractivity contribution < 1.29 is 19.1 Å². The van der Waals surface area contributed by atoms with E-state index in [-0.39, 0.29) is 22.1 Å². The van der Waals surface area contributed by atoms with Crippen molar-refractivity contribution in [3.8, 4) is 0 Å². The number of ether oxygens (including phenoxy) is 1. The number of ketones is 1. The number of carbonyl (C=O) groups is 3. The second-order valence-electron chi connectivity index (χ2n) is 6.76. The number of esters is 1. The predicted molar refractivity (Wildman–Crippen MR) is 114 cm³/mol. The minimum Gasteiger partial charge on any atom is -0.453 e. The monoisotopic (exact) mass is 427 g/mol. The van der Waals surface area contributed by atoms with Crippen molar-refractivity contribution in [2.45, 2.75) is 33.6 Å². The highest BCUT2D eigenvalue weighted by atomic mass is 32.1. The summed E-state index contributed by atoms with van der Waals surface area (Å²) in [6.45, 7) is 4.79. The third-order valence-corrected chi connectivity index (χ3v) is 5.57. The standard InChI is InChI=1S/C21H21N3O5S/c1-4-5-16(26)24-14-8-6-13(7-9-14)15(25)10-29-21(28)18-11(2)17-19(27)22-12(3)23-20(17)30-18/h6-9H,4-5,10H2,1-3H3,(H,24,26)(H,22,23,27). The lowest BCUT2D eigenvalue weighted by atomic mass is 10.1. The highest BCUT2D eigenvalue weighted by Gasteiger charge is 2.21. The van der Waals surface area contributed by atoms with Crippen molar-refractivity contribution >= 4 is 44.9 Å². The fourth-order valence-corrected chi connectivity index (χ4v) is 4.04. The summed E-state index contributed by atoms with van der Waals surface area (Å²) in [4.78, 5) is 56.1. The molecule has 0 bridgehead atoms. The van der Waals surface area contributed by atoms with Crippen LogP contribution in [0.3, 0.4) is 0 Å². The maximum atomic E-state index is 12.5. The average molecular weight is 427 g/mol. The Morgan fingerprint density at radius 2 is 1.87 bits per heavy atom. The number of benzene rings is 1. The van der Waals surface area contributed by atoms with E-state index in [1.807, 2.05) is 6.92 Å². The van der Waals surface area contributed by atoms with Gasteiger partial charge in [0.05, 0.1) is 5.39 Å². The first-order valence-electron chi connectivity index (χ1n) is 9.40. The normalized spacial score (nSPS) is 10.8. The summed E-state index contributed by atoms with van der Waals surface area (Å²) in [6, 6.07) is 6.38. The lowest BCUT2D eigenvalue weighted by molar-refractivity contribution is -0.116. The molecule has 0 aliphatic rings. The molecule has 8 nitrogen and oxygen atoms in total. The zero-order valence-corrected chi connectivity index (χ0v) is 17.6. The molecule has 0 saturated heterocycles. The van der Waals surface area contributed by atoms with Crippen molar-refractivity contribution in [2.24, 2.45) is 0 Å². The minimum absolute atomic E-state index is 0.0901. The van der Waals surface area contributed by atoms with Gasteiger partial charge in [0.15, 0.2) is 12.4 Å². The first-order chi connectivity index (χ1) is 14.3. The topological polar surface area (TPSA) is 118 Å². The van der Waals surface area contributed by atoms with Gasteiger partial charge in [-0.2, -0.15) is 0 Å². The molecule has 0 radical (unpaired) electrons. The van der Waals surface area contributed by atoms with Gasteiger partial charge in [0, 0.05) is 17.7 Å². The van der Waals surface area contributed by atoms with Gasteiger partial charge in [-0.15, -0.1) is 11.3 Å². The third kappa shape index (κ3) is 4.62. The van der Waals surface area contributed by atoms with Gasteiger partial charge in [0.1, 0.15) is 15.5 Å². The lowest BCUT2D eigenvalue weighted by Crippen LogP contribution is -2.15. The number of thiophene rings is 1. The van der Waals surface area contributed by atoms with Crippen molar-refractivity contribution in [1.82, 2.24) is 9.97 Å². The number of nitrogens with zero attached hydrogens (tertiary/aromatic N) is 1. The number of fused-ring (bicyclic) bond motifs is 1. The fraction of sp³-hybridized carbons (Fsp3) is 0.286. The highest BCUT2D eigenvalue weighted by Crippen LogP contribution is 2.27. The first kappa shape index (κ1) is 21.4. The van der Waals surface area contributed by atoms with Gasteiger partial charge >= 0.3 is 5.97 Å². The number of anilines is 1. The Kier molecular flexibility index (Phi) is 6.41. The van der Waals surface area contributed by atoms with Gasteiger partial charge in [-0.05, 0) is 50.1 Å². The number of carbonyl (C=O) groups excluding carboxylic acids is 3. The number of amides is 1. The fourth-order valence-electron chi connectivity index (χ4n) is 2.92. The predicted octanol–water partition coefficient (Wildman–Crippen LogP) is 3.38. The Morgan fingerprint density at radius 1 is 1.17 bits per heavy atom. The maximum absolute atomic E-state index is 12.5. The Morgan fingerprint density at radius 3 is 2.53 bits per heavy atom. The van der Waals surface area contributed by atoms with Crippen LogP contribution in [0.15, 0.2) is 29.1 Å². The Balaban J connectivity index is 1.66. The van der Waals surface area contributed by atoms with Crippen LogP contribution >= 0.6 is 11.3 Å². The molecule has 2 N–H and O–H groups in total. The Hall–Kier alpha value is -3.33. The van der Waals surface area contributed by atoms with Crippen LogP contribution in [0, 0.1) is 13.8 Å². The van der Waals surface area contributed by atoms with Crippen molar-refractivity contribution in [3.63, 3.8) is 0 Å². The molecule has 1 amide bonds. The summed E-state index contributed by atoms with van der Waals surface area (Å²) in [5.74, 6) is -0.685. The maximum Gasteiger partial charge on any atom is 0.349 e. The molecule has 0 spiro atoms. The molecular formula is C21H21N3O5S. The van der Waals surface area contributed by atoms with Gasteiger partial charge in [-0.25, -0.2) is 9.78 Å². The highest BCUT2D eigenvalue weighted by molar-refractivity contribution is 7.20. The first-order valence-corrected chi connectivity index (χ1v) is 10.2. The van der Waals surface area contributed by atoms with E-state index in [1.165, 1.54) is 0 Å². The number of Topliss-reactive ketones (excluding diaryl/α,β-unsaturated/α-hetero) is 1. The third-order valence-electron chi connectivity index (χ3n) is 4.41. The second kappa shape index (κ2) is 9.00. The number of aromatic nitrogens is 2. The summed E-state index contributed by atoms with van der Waals surface area (Å²) in [7, 11) is 0. The number of aryl methyl sites for hydroxylation is 2. The summed E-state index contributed by atoms with van der Waals surface area (Å²) in [5, 5.41) is 3.09. The van der Waals surface area contributed by atoms with E-state index in [0.717, 1.165) is 17.8 Å². The molecule has 0 saturated carbocycles. The molecule has 3 rings (SSSR count). The lowest BCUT2D eigenvalue weighted by Gasteiger charge is -2.06. The smallest absolute Gasteiger partial charge is 0.349 e. The zero-order valence-electron chi connectivity index (χ0n) is 16.8. The number of hydrogen-bond donors (Lipinski definition) is 2. The summed E-state index contributed by atoms with van der Waals surface area (Å²) in [5.41, 5.74) is 1.12. The van der Waals surface area contributed by atoms with Crippen molar-refractivity contribution in [1.29, 1.82) is 0 Å². The van der Waals surface area contributed by atoms with Crippen LogP contribution in [0.5, 0.6) is 0 Å². The van der Waals surface area contributed by atoms with Crippen LogP contribution in [0.2, 0.25) is 0 Å².